The maximum Gasteiger partial charge on any atom is 0.253 e. The molecule has 19 heavy (non-hydrogen) atoms. The van der Waals surface area contributed by atoms with Gasteiger partial charge in [0.25, 0.3) is 5.91 Å². The summed E-state index contributed by atoms with van der Waals surface area (Å²) in [7, 11) is 0. The second-order valence-corrected chi connectivity index (χ2v) is 6.21. The molecule has 0 fully saturated rings. The van der Waals surface area contributed by atoms with Crippen molar-refractivity contribution in [2.75, 3.05) is 11.4 Å². The second-order valence-electron chi connectivity index (χ2n) is 5.77. The molecule has 0 bridgehead atoms. The van der Waals surface area contributed by atoms with Crippen LogP contribution in [-0.4, -0.2) is 18.0 Å². The van der Waals surface area contributed by atoms with Crippen molar-refractivity contribution in [2.24, 2.45) is 5.84 Å². The van der Waals surface area contributed by atoms with Crippen LogP contribution < -0.4 is 16.2 Å². The minimum Gasteiger partial charge on any atom is -0.357 e. The van der Waals surface area contributed by atoms with Crippen LogP contribution in [0.1, 0.15) is 38.7 Å². The first kappa shape index (κ1) is 14.2. The summed E-state index contributed by atoms with van der Waals surface area (Å²) in [5.41, 5.74) is 4.36. The molecule has 0 aromatic heterocycles. The molecule has 4 nitrogen and oxygen atoms in total. The van der Waals surface area contributed by atoms with Crippen molar-refractivity contribution in [3.8, 4) is 0 Å². The third-order valence-corrected chi connectivity index (χ3v) is 4.05. The summed E-state index contributed by atoms with van der Waals surface area (Å²) < 4.78 is 0. The van der Waals surface area contributed by atoms with Gasteiger partial charge in [-0.25, -0.2) is 5.84 Å². The number of nitrogens with one attached hydrogen (secondary N) is 1. The van der Waals surface area contributed by atoms with Crippen molar-refractivity contribution in [1.82, 2.24) is 5.43 Å². The van der Waals surface area contributed by atoms with Crippen LogP contribution in [0.3, 0.4) is 0 Å². The number of carbonyl (C=O) groups is 1. The number of fused-ring (bicyclic) bond motifs is 1. The molecule has 0 unspecified atom stereocenters. The molecule has 104 valence electrons. The summed E-state index contributed by atoms with van der Waals surface area (Å²) in [6, 6.07) is 5.84. The predicted molar refractivity (Wildman–Crippen MR) is 78.2 cm³/mol. The standard InChI is InChI=1S/C14H20ClN3O/c1-9-7-14(2,3)18(8-13(19)17-16)12-5-4-10(15)6-11(9)12/h4-6,9H,7-8,16H2,1-3H3,(H,17,19)/t9-/m1/s1. The Balaban J connectivity index is 2.45. The fraction of sp³-hybridized carbons (Fsp3) is 0.500. The van der Waals surface area contributed by atoms with Gasteiger partial charge in [0.15, 0.2) is 0 Å². The Kier molecular flexibility index (Phi) is 3.74. The van der Waals surface area contributed by atoms with Crippen molar-refractivity contribution in [1.29, 1.82) is 0 Å². The lowest BCUT2D eigenvalue weighted by Gasteiger charge is -2.47. The highest BCUT2D eigenvalue weighted by Gasteiger charge is 2.37. The molecule has 2 rings (SSSR count). The molecule has 3 N–H and O–H groups in total. The van der Waals surface area contributed by atoms with E-state index >= 15 is 0 Å². The van der Waals surface area contributed by atoms with E-state index < -0.39 is 0 Å². The number of amides is 1. The number of carbonyl (C=O) groups excluding carboxylic acids is 1. The molecular formula is C14H20ClN3O. The normalized spacial score (nSPS) is 20.9. The molecule has 1 aliphatic heterocycles. The maximum absolute atomic E-state index is 11.6. The number of hydrogen-bond acceptors (Lipinski definition) is 3. The Morgan fingerprint density at radius 1 is 1.58 bits per heavy atom. The average molecular weight is 282 g/mol. The zero-order valence-corrected chi connectivity index (χ0v) is 12.3. The lowest BCUT2D eigenvalue weighted by Crippen LogP contribution is -2.53. The van der Waals surface area contributed by atoms with Crippen molar-refractivity contribution in [2.45, 2.75) is 38.6 Å². The summed E-state index contributed by atoms with van der Waals surface area (Å²) in [5.74, 6) is 5.43. The van der Waals surface area contributed by atoms with E-state index in [4.69, 9.17) is 17.4 Å². The Morgan fingerprint density at radius 3 is 2.89 bits per heavy atom. The Hall–Kier alpha value is -1.26. The van der Waals surface area contributed by atoms with Crippen molar-refractivity contribution >= 4 is 23.2 Å². The van der Waals surface area contributed by atoms with Gasteiger partial charge < -0.3 is 4.90 Å². The number of nitrogens with zero attached hydrogens (tertiary/aromatic N) is 1. The second kappa shape index (κ2) is 5.02. The highest BCUT2D eigenvalue weighted by Crippen LogP contribution is 2.43. The number of halogens is 1. The fourth-order valence-corrected chi connectivity index (χ4v) is 3.13. The quantitative estimate of drug-likeness (QED) is 0.497. The van der Waals surface area contributed by atoms with Crippen LogP contribution in [0.2, 0.25) is 5.02 Å². The van der Waals surface area contributed by atoms with Gasteiger partial charge in [0.1, 0.15) is 0 Å². The highest BCUT2D eigenvalue weighted by molar-refractivity contribution is 6.30. The van der Waals surface area contributed by atoms with E-state index in [1.54, 1.807) is 0 Å². The van der Waals surface area contributed by atoms with E-state index in [1.807, 2.05) is 18.2 Å². The van der Waals surface area contributed by atoms with Gasteiger partial charge in [-0.3, -0.25) is 10.2 Å². The molecule has 1 heterocycles. The van der Waals surface area contributed by atoms with Crippen LogP contribution in [0.25, 0.3) is 0 Å². The maximum atomic E-state index is 11.6. The molecule has 1 aromatic carbocycles. The molecule has 0 spiro atoms. The molecule has 1 amide bonds. The molecule has 0 saturated carbocycles. The largest absolute Gasteiger partial charge is 0.357 e. The first-order chi connectivity index (χ1) is 8.85. The van der Waals surface area contributed by atoms with Crippen molar-refractivity contribution in [3.05, 3.63) is 28.8 Å². The molecule has 0 radical (unpaired) electrons. The number of rotatable bonds is 2. The van der Waals surface area contributed by atoms with E-state index in [-0.39, 0.29) is 18.0 Å². The first-order valence-electron chi connectivity index (χ1n) is 6.41. The van der Waals surface area contributed by atoms with Gasteiger partial charge in [-0.05, 0) is 49.9 Å². The summed E-state index contributed by atoms with van der Waals surface area (Å²) in [5, 5.41) is 0.730. The highest BCUT2D eigenvalue weighted by atomic mass is 35.5. The molecule has 1 aromatic rings. The van der Waals surface area contributed by atoms with Gasteiger partial charge in [0.2, 0.25) is 0 Å². The van der Waals surface area contributed by atoms with E-state index in [0.717, 1.165) is 17.1 Å². The number of hydrogen-bond donors (Lipinski definition) is 2. The van der Waals surface area contributed by atoms with Crippen LogP contribution >= 0.6 is 11.6 Å². The minimum atomic E-state index is -0.191. The molecule has 0 aliphatic carbocycles. The zero-order valence-electron chi connectivity index (χ0n) is 11.5. The Labute approximate surface area is 118 Å². The number of benzene rings is 1. The van der Waals surface area contributed by atoms with Gasteiger partial charge in [0, 0.05) is 16.2 Å². The summed E-state index contributed by atoms with van der Waals surface area (Å²) in [6.07, 6.45) is 0.970. The number of anilines is 1. The van der Waals surface area contributed by atoms with Crippen molar-refractivity contribution in [3.63, 3.8) is 0 Å². The van der Waals surface area contributed by atoms with Crippen LogP contribution in [0, 0.1) is 0 Å². The molecule has 1 aliphatic rings. The van der Waals surface area contributed by atoms with Crippen molar-refractivity contribution < 1.29 is 4.79 Å². The van der Waals surface area contributed by atoms with E-state index in [2.05, 4.69) is 31.1 Å². The summed E-state index contributed by atoms with van der Waals surface area (Å²) >= 11 is 6.08. The monoisotopic (exact) mass is 281 g/mol. The number of nitrogens with two attached hydrogens (primary N) is 1. The first-order valence-corrected chi connectivity index (χ1v) is 6.79. The van der Waals surface area contributed by atoms with Crippen LogP contribution in [0.15, 0.2) is 18.2 Å². The molecule has 1 atom stereocenters. The fourth-order valence-electron chi connectivity index (χ4n) is 2.95. The van der Waals surface area contributed by atoms with E-state index in [1.165, 1.54) is 5.56 Å². The van der Waals surface area contributed by atoms with Crippen LogP contribution in [0.5, 0.6) is 0 Å². The van der Waals surface area contributed by atoms with E-state index in [9.17, 15) is 4.79 Å². The van der Waals surface area contributed by atoms with Gasteiger partial charge in [0.05, 0.1) is 6.54 Å². The zero-order chi connectivity index (χ0) is 14.2. The van der Waals surface area contributed by atoms with Gasteiger partial charge in [-0.1, -0.05) is 18.5 Å². The van der Waals surface area contributed by atoms with Gasteiger partial charge >= 0.3 is 0 Å². The Morgan fingerprint density at radius 2 is 2.26 bits per heavy atom. The van der Waals surface area contributed by atoms with Crippen LogP contribution in [0.4, 0.5) is 5.69 Å². The minimum absolute atomic E-state index is 0.0905. The van der Waals surface area contributed by atoms with Gasteiger partial charge in [-0.2, -0.15) is 0 Å². The SMILES string of the molecule is C[C@@H]1CC(C)(C)N(CC(=O)NN)c2ccc(Cl)cc21. The van der Waals surface area contributed by atoms with Crippen LogP contribution in [-0.2, 0) is 4.79 Å². The number of hydrazine groups is 1. The third-order valence-electron chi connectivity index (χ3n) is 3.81. The summed E-state index contributed by atoms with van der Waals surface area (Å²) in [4.78, 5) is 13.7. The molecule has 5 heteroatoms. The summed E-state index contributed by atoms with van der Waals surface area (Å²) in [6.45, 7) is 6.73. The van der Waals surface area contributed by atoms with Gasteiger partial charge in [-0.15, -0.1) is 0 Å². The third kappa shape index (κ3) is 2.69. The smallest absolute Gasteiger partial charge is 0.253 e. The topological polar surface area (TPSA) is 58.4 Å². The molecule has 0 saturated heterocycles. The predicted octanol–water partition coefficient (Wildman–Crippen LogP) is 2.42. The molecular weight excluding hydrogens is 262 g/mol. The van der Waals surface area contributed by atoms with E-state index in [0.29, 0.717) is 5.92 Å². The lowest BCUT2D eigenvalue weighted by molar-refractivity contribution is -0.120. The Bertz CT molecular complexity index is 501. The lowest BCUT2D eigenvalue weighted by atomic mass is 9.80. The average Bonchev–Trinajstić information content (AvgIpc) is 2.34.